The zero-order chi connectivity index (χ0) is 14.8. The van der Waals surface area contributed by atoms with Crippen molar-refractivity contribution in [2.45, 2.75) is 19.9 Å². The minimum atomic E-state index is -1.04. The maximum atomic E-state index is 13.8. The second-order valence-electron chi connectivity index (χ2n) is 5.29. The van der Waals surface area contributed by atoms with Crippen LogP contribution in [0.5, 0.6) is 5.75 Å². The van der Waals surface area contributed by atoms with E-state index in [1.54, 1.807) is 38.9 Å². The van der Waals surface area contributed by atoms with Gasteiger partial charge in [-0.2, -0.15) is 0 Å². The molecule has 19 heavy (non-hydrogen) atoms. The molecular weight excluding hydrogens is 249 g/mol. The normalized spacial score (nSPS) is 13.4. The fraction of sp³-hybridized carbons (Fsp3) is 0.500. The number of nitrogens with zero attached hydrogens (tertiary/aromatic N) is 1. The lowest BCUT2D eigenvalue weighted by Crippen LogP contribution is -2.39. The molecule has 0 fully saturated rings. The Labute approximate surface area is 112 Å². The van der Waals surface area contributed by atoms with Gasteiger partial charge in [0.05, 0.1) is 12.5 Å². The van der Waals surface area contributed by atoms with E-state index in [9.17, 15) is 14.3 Å². The first kappa shape index (κ1) is 15.4. The summed E-state index contributed by atoms with van der Waals surface area (Å²) >= 11 is 0. The van der Waals surface area contributed by atoms with Gasteiger partial charge >= 0.3 is 5.97 Å². The summed E-state index contributed by atoms with van der Waals surface area (Å²) in [6.07, 6.45) is 0. The Morgan fingerprint density at radius 1 is 1.42 bits per heavy atom. The van der Waals surface area contributed by atoms with Crippen molar-refractivity contribution >= 4 is 5.97 Å². The van der Waals surface area contributed by atoms with E-state index in [1.165, 1.54) is 19.2 Å². The van der Waals surface area contributed by atoms with Crippen LogP contribution in [0.2, 0.25) is 0 Å². The van der Waals surface area contributed by atoms with Crippen LogP contribution in [0.25, 0.3) is 0 Å². The summed E-state index contributed by atoms with van der Waals surface area (Å²) in [4.78, 5) is 13.2. The van der Waals surface area contributed by atoms with Gasteiger partial charge in [0, 0.05) is 6.04 Å². The van der Waals surface area contributed by atoms with Crippen LogP contribution in [-0.2, 0) is 4.79 Å². The highest BCUT2D eigenvalue weighted by Crippen LogP contribution is 2.38. The number of carboxylic acids is 1. The van der Waals surface area contributed by atoms with Crippen molar-refractivity contribution in [1.82, 2.24) is 4.90 Å². The van der Waals surface area contributed by atoms with Gasteiger partial charge < -0.3 is 14.7 Å². The van der Waals surface area contributed by atoms with Gasteiger partial charge in [-0.15, -0.1) is 0 Å². The number of methoxy groups -OCH3 is 1. The number of benzene rings is 1. The molecule has 0 heterocycles. The molecular formula is C14H20FNO3. The number of ether oxygens (including phenoxy) is 1. The van der Waals surface area contributed by atoms with E-state index in [-0.39, 0.29) is 5.75 Å². The molecule has 106 valence electrons. The van der Waals surface area contributed by atoms with Gasteiger partial charge in [-0.05, 0) is 45.6 Å². The van der Waals surface area contributed by atoms with Crippen LogP contribution in [0.15, 0.2) is 18.2 Å². The smallest absolute Gasteiger partial charge is 0.311 e. The summed E-state index contributed by atoms with van der Waals surface area (Å²) in [5, 5.41) is 9.35. The first-order valence-electron chi connectivity index (χ1n) is 5.95. The lowest BCUT2D eigenvalue weighted by Gasteiger charge is -2.36. The summed E-state index contributed by atoms with van der Waals surface area (Å²) in [6, 6.07) is 4.09. The quantitative estimate of drug-likeness (QED) is 0.892. The molecule has 0 aliphatic carbocycles. The van der Waals surface area contributed by atoms with Gasteiger partial charge in [-0.1, -0.05) is 6.07 Å². The molecule has 0 aliphatic rings. The van der Waals surface area contributed by atoms with Crippen LogP contribution in [0.1, 0.15) is 25.5 Å². The molecule has 0 aromatic heterocycles. The third-order valence-corrected chi connectivity index (χ3v) is 3.24. The van der Waals surface area contributed by atoms with Crippen molar-refractivity contribution in [3.63, 3.8) is 0 Å². The summed E-state index contributed by atoms with van der Waals surface area (Å²) in [6.45, 7) is 3.25. The van der Waals surface area contributed by atoms with Crippen LogP contribution in [0.4, 0.5) is 4.39 Å². The Morgan fingerprint density at radius 3 is 2.37 bits per heavy atom. The number of carbonyl (C=O) groups is 1. The fourth-order valence-corrected chi connectivity index (χ4v) is 2.33. The molecule has 1 aromatic carbocycles. The molecule has 1 unspecified atom stereocenters. The Morgan fingerprint density at radius 2 is 2.00 bits per heavy atom. The molecule has 0 spiro atoms. The van der Waals surface area contributed by atoms with Crippen LogP contribution in [0.3, 0.4) is 0 Å². The number of rotatable bonds is 5. The summed E-state index contributed by atoms with van der Waals surface area (Å²) in [5.74, 6) is -1.27. The first-order chi connectivity index (χ1) is 8.71. The Bertz CT molecular complexity index is 472. The molecule has 0 saturated heterocycles. The molecule has 5 heteroatoms. The van der Waals surface area contributed by atoms with Crippen molar-refractivity contribution < 1.29 is 19.0 Å². The van der Waals surface area contributed by atoms with E-state index in [0.717, 1.165) is 0 Å². The van der Waals surface area contributed by atoms with E-state index in [0.29, 0.717) is 5.56 Å². The molecule has 0 radical (unpaired) electrons. The maximum Gasteiger partial charge on any atom is 0.311 e. The zero-order valence-electron chi connectivity index (χ0n) is 11.9. The Balaban J connectivity index is 3.28. The number of halogens is 1. The molecule has 0 aliphatic heterocycles. The van der Waals surface area contributed by atoms with Crippen LogP contribution < -0.4 is 4.74 Å². The number of aliphatic carboxylic acids is 1. The van der Waals surface area contributed by atoms with Gasteiger partial charge in [-0.25, -0.2) is 4.39 Å². The highest BCUT2D eigenvalue weighted by atomic mass is 19.1. The Kier molecular flexibility index (Phi) is 4.52. The van der Waals surface area contributed by atoms with E-state index in [2.05, 4.69) is 0 Å². The predicted octanol–water partition coefficient (Wildman–Crippen LogP) is 2.55. The molecule has 1 atom stereocenters. The van der Waals surface area contributed by atoms with Crippen molar-refractivity contribution in [1.29, 1.82) is 0 Å². The van der Waals surface area contributed by atoms with Crippen molar-refractivity contribution in [3.05, 3.63) is 29.6 Å². The monoisotopic (exact) mass is 269 g/mol. The SMILES string of the molecule is COc1ccc(C(N(C)C)C(C)(C)C(=O)O)cc1F. The van der Waals surface area contributed by atoms with Crippen LogP contribution in [-0.4, -0.2) is 37.2 Å². The zero-order valence-corrected chi connectivity index (χ0v) is 11.9. The standard InChI is InChI=1S/C14H20FNO3/c1-14(2,13(17)18)12(16(3)4)9-6-7-11(19-5)10(15)8-9/h6-8,12H,1-5H3,(H,17,18). The minimum Gasteiger partial charge on any atom is -0.494 e. The highest BCUT2D eigenvalue weighted by molar-refractivity contribution is 5.75. The van der Waals surface area contributed by atoms with E-state index in [1.807, 2.05) is 0 Å². The topological polar surface area (TPSA) is 49.8 Å². The van der Waals surface area contributed by atoms with Crippen LogP contribution in [0, 0.1) is 11.2 Å². The van der Waals surface area contributed by atoms with Crippen LogP contribution >= 0.6 is 0 Å². The first-order valence-corrected chi connectivity index (χ1v) is 5.95. The Hall–Kier alpha value is -1.62. The summed E-state index contributed by atoms with van der Waals surface area (Å²) in [7, 11) is 4.94. The van der Waals surface area contributed by atoms with Gasteiger partial charge in [0.2, 0.25) is 0 Å². The average Bonchev–Trinajstić information content (AvgIpc) is 2.28. The van der Waals surface area contributed by atoms with E-state index < -0.39 is 23.2 Å². The maximum absolute atomic E-state index is 13.8. The number of carboxylic acid groups (broad SMARTS) is 1. The van der Waals surface area contributed by atoms with Crippen molar-refractivity contribution in [2.24, 2.45) is 5.41 Å². The third-order valence-electron chi connectivity index (χ3n) is 3.24. The summed E-state index contributed by atoms with van der Waals surface area (Å²) in [5.41, 5.74) is -0.430. The molecule has 1 aromatic rings. The van der Waals surface area contributed by atoms with E-state index in [4.69, 9.17) is 4.74 Å². The molecule has 1 rings (SSSR count). The van der Waals surface area contributed by atoms with Gasteiger partial charge in [0.1, 0.15) is 0 Å². The highest BCUT2D eigenvalue weighted by Gasteiger charge is 2.39. The van der Waals surface area contributed by atoms with Gasteiger partial charge in [0.25, 0.3) is 0 Å². The number of hydrogen-bond acceptors (Lipinski definition) is 3. The number of hydrogen-bond donors (Lipinski definition) is 1. The average molecular weight is 269 g/mol. The third kappa shape index (κ3) is 3.04. The largest absolute Gasteiger partial charge is 0.494 e. The summed E-state index contributed by atoms with van der Waals surface area (Å²) < 4.78 is 18.6. The lowest BCUT2D eigenvalue weighted by molar-refractivity contribution is -0.150. The van der Waals surface area contributed by atoms with Crippen molar-refractivity contribution in [3.8, 4) is 5.75 Å². The van der Waals surface area contributed by atoms with E-state index >= 15 is 0 Å². The molecule has 0 amide bonds. The fourth-order valence-electron chi connectivity index (χ4n) is 2.33. The molecule has 0 bridgehead atoms. The van der Waals surface area contributed by atoms with Crippen molar-refractivity contribution in [2.75, 3.05) is 21.2 Å². The van der Waals surface area contributed by atoms with Gasteiger partial charge in [0.15, 0.2) is 11.6 Å². The predicted molar refractivity (Wildman–Crippen MR) is 70.8 cm³/mol. The molecule has 4 nitrogen and oxygen atoms in total. The second-order valence-corrected chi connectivity index (χ2v) is 5.29. The molecule has 1 N–H and O–H groups in total. The molecule has 0 saturated carbocycles. The second kappa shape index (κ2) is 5.57. The van der Waals surface area contributed by atoms with Gasteiger partial charge in [-0.3, -0.25) is 4.79 Å². The lowest BCUT2D eigenvalue weighted by atomic mass is 9.79. The minimum absolute atomic E-state index is 0.148.